The molecular formula is C13H25N3O. The molecule has 0 fully saturated rings. The molecule has 0 aliphatic heterocycles. The highest BCUT2D eigenvalue weighted by molar-refractivity contribution is 5.05. The summed E-state index contributed by atoms with van der Waals surface area (Å²) in [6.07, 6.45) is 1.14. The molecule has 0 saturated heterocycles. The zero-order chi connectivity index (χ0) is 12.7. The Morgan fingerprint density at radius 1 is 1.41 bits per heavy atom. The van der Waals surface area contributed by atoms with Crippen LogP contribution in [0.1, 0.15) is 45.6 Å². The van der Waals surface area contributed by atoms with Gasteiger partial charge in [-0.3, -0.25) is 4.90 Å². The molecule has 4 heteroatoms. The molecule has 1 aromatic heterocycles. The van der Waals surface area contributed by atoms with Crippen LogP contribution in [-0.4, -0.2) is 29.2 Å². The number of aromatic nitrogens is 1. The zero-order valence-electron chi connectivity index (χ0n) is 11.5. The minimum Gasteiger partial charge on any atom is -0.360 e. The van der Waals surface area contributed by atoms with Crippen molar-refractivity contribution in [2.45, 2.75) is 53.2 Å². The van der Waals surface area contributed by atoms with Gasteiger partial charge in [-0.05, 0) is 33.4 Å². The maximum Gasteiger partial charge on any atom is 0.151 e. The van der Waals surface area contributed by atoms with Crippen LogP contribution in [0.25, 0.3) is 0 Å². The van der Waals surface area contributed by atoms with E-state index in [9.17, 15) is 0 Å². The fourth-order valence-electron chi connectivity index (χ4n) is 1.77. The summed E-state index contributed by atoms with van der Waals surface area (Å²) in [4.78, 5) is 2.35. The van der Waals surface area contributed by atoms with Crippen LogP contribution in [0.3, 0.4) is 0 Å². The van der Waals surface area contributed by atoms with Crippen molar-refractivity contribution in [3.63, 3.8) is 0 Å². The van der Waals surface area contributed by atoms with Crippen LogP contribution in [0.5, 0.6) is 0 Å². The predicted molar refractivity (Wildman–Crippen MR) is 69.7 cm³/mol. The predicted octanol–water partition coefficient (Wildman–Crippen LogP) is 2.40. The maximum absolute atomic E-state index is 5.35. The Bertz CT molecular complexity index is 309. The number of hydrogen-bond donors (Lipinski definition) is 1. The van der Waals surface area contributed by atoms with E-state index in [1.165, 1.54) is 0 Å². The van der Waals surface area contributed by atoms with E-state index in [4.69, 9.17) is 4.52 Å². The number of hydrogen-bond acceptors (Lipinski definition) is 4. The van der Waals surface area contributed by atoms with Gasteiger partial charge in [0.2, 0.25) is 0 Å². The number of rotatable bonds is 8. The van der Waals surface area contributed by atoms with Crippen LogP contribution in [0.4, 0.5) is 0 Å². The van der Waals surface area contributed by atoms with Gasteiger partial charge in [0.15, 0.2) is 5.76 Å². The molecule has 0 amide bonds. The largest absolute Gasteiger partial charge is 0.360 e. The van der Waals surface area contributed by atoms with E-state index >= 15 is 0 Å². The van der Waals surface area contributed by atoms with Gasteiger partial charge in [0, 0.05) is 18.7 Å². The van der Waals surface area contributed by atoms with Crippen molar-refractivity contribution < 1.29 is 4.52 Å². The van der Waals surface area contributed by atoms with Crippen LogP contribution >= 0.6 is 0 Å². The van der Waals surface area contributed by atoms with Gasteiger partial charge >= 0.3 is 0 Å². The third-order valence-corrected chi connectivity index (χ3v) is 2.84. The lowest BCUT2D eigenvalue weighted by molar-refractivity contribution is 0.198. The van der Waals surface area contributed by atoms with Gasteiger partial charge in [0.05, 0.1) is 12.2 Å². The lowest BCUT2D eigenvalue weighted by atomic mass is 10.3. The second-order valence-electron chi connectivity index (χ2n) is 4.62. The third kappa shape index (κ3) is 4.88. The fraction of sp³-hybridized carbons (Fsp3) is 0.769. The second kappa shape index (κ2) is 7.45. The van der Waals surface area contributed by atoms with Crippen LogP contribution in [0, 0.1) is 0 Å². The summed E-state index contributed by atoms with van der Waals surface area (Å²) < 4.78 is 5.35. The second-order valence-corrected chi connectivity index (χ2v) is 4.62. The number of nitrogens with zero attached hydrogens (tertiary/aromatic N) is 2. The Morgan fingerprint density at radius 2 is 2.18 bits per heavy atom. The Hall–Kier alpha value is -0.870. The van der Waals surface area contributed by atoms with Gasteiger partial charge in [0.25, 0.3) is 0 Å². The fourth-order valence-corrected chi connectivity index (χ4v) is 1.77. The van der Waals surface area contributed by atoms with E-state index in [1.807, 2.05) is 6.07 Å². The van der Waals surface area contributed by atoms with Gasteiger partial charge in [-0.2, -0.15) is 0 Å². The Labute approximate surface area is 104 Å². The summed E-state index contributed by atoms with van der Waals surface area (Å²) in [5.41, 5.74) is 0.994. The van der Waals surface area contributed by atoms with E-state index in [-0.39, 0.29) is 0 Å². The van der Waals surface area contributed by atoms with E-state index in [2.05, 4.69) is 43.1 Å². The minimum atomic E-state index is 0.534. The molecule has 1 rings (SSSR count). The summed E-state index contributed by atoms with van der Waals surface area (Å²) >= 11 is 0. The quantitative estimate of drug-likeness (QED) is 0.707. The standard InChI is InChI=1S/C13H25N3O/c1-5-7-14-9-12-8-13(17-15-12)10-16(6-2)11(3)4/h8,11,14H,5-7,9-10H2,1-4H3. The average molecular weight is 239 g/mol. The summed E-state index contributed by atoms with van der Waals surface area (Å²) in [6.45, 7) is 12.4. The molecule has 1 aromatic rings. The lowest BCUT2D eigenvalue weighted by Gasteiger charge is -2.22. The van der Waals surface area contributed by atoms with Crippen molar-refractivity contribution >= 4 is 0 Å². The molecule has 1 heterocycles. The van der Waals surface area contributed by atoms with Crippen molar-refractivity contribution in [3.05, 3.63) is 17.5 Å². The average Bonchev–Trinajstić information content (AvgIpc) is 2.74. The highest BCUT2D eigenvalue weighted by atomic mass is 16.5. The molecule has 0 atom stereocenters. The molecule has 0 aliphatic carbocycles. The molecule has 0 spiro atoms. The van der Waals surface area contributed by atoms with Gasteiger partial charge in [-0.15, -0.1) is 0 Å². The molecule has 0 aromatic carbocycles. The molecule has 0 radical (unpaired) electrons. The van der Waals surface area contributed by atoms with Crippen molar-refractivity contribution in [3.8, 4) is 0 Å². The van der Waals surface area contributed by atoms with Gasteiger partial charge in [0.1, 0.15) is 0 Å². The summed E-state index contributed by atoms with van der Waals surface area (Å²) in [5.74, 6) is 0.953. The van der Waals surface area contributed by atoms with Crippen LogP contribution < -0.4 is 5.32 Å². The third-order valence-electron chi connectivity index (χ3n) is 2.84. The zero-order valence-corrected chi connectivity index (χ0v) is 11.5. The smallest absolute Gasteiger partial charge is 0.151 e. The number of nitrogens with one attached hydrogen (secondary N) is 1. The van der Waals surface area contributed by atoms with Crippen LogP contribution in [0.15, 0.2) is 10.6 Å². The molecule has 0 bridgehead atoms. The Balaban J connectivity index is 2.44. The Kier molecular flexibility index (Phi) is 6.22. The van der Waals surface area contributed by atoms with E-state index in [1.54, 1.807) is 0 Å². The molecule has 0 saturated carbocycles. The molecule has 98 valence electrons. The van der Waals surface area contributed by atoms with E-state index in [0.29, 0.717) is 6.04 Å². The van der Waals surface area contributed by atoms with E-state index in [0.717, 1.165) is 44.1 Å². The summed E-state index contributed by atoms with van der Waals surface area (Å²) in [7, 11) is 0. The van der Waals surface area contributed by atoms with Gasteiger partial charge < -0.3 is 9.84 Å². The first-order valence-corrected chi connectivity index (χ1v) is 6.56. The molecule has 0 unspecified atom stereocenters. The normalized spacial score (nSPS) is 11.6. The van der Waals surface area contributed by atoms with Crippen molar-refractivity contribution in [2.24, 2.45) is 0 Å². The monoisotopic (exact) mass is 239 g/mol. The first-order chi connectivity index (χ1) is 8.17. The SMILES string of the molecule is CCCNCc1cc(CN(CC)C(C)C)on1. The highest BCUT2D eigenvalue weighted by Crippen LogP contribution is 2.09. The Morgan fingerprint density at radius 3 is 2.76 bits per heavy atom. The first kappa shape index (κ1) is 14.2. The van der Waals surface area contributed by atoms with Gasteiger partial charge in [-0.25, -0.2) is 0 Å². The molecular weight excluding hydrogens is 214 g/mol. The maximum atomic E-state index is 5.35. The van der Waals surface area contributed by atoms with E-state index < -0.39 is 0 Å². The topological polar surface area (TPSA) is 41.3 Å². The molecule has 1 N–H and O–H groups in total. The highest BCUT2D eigenvalue weighted by Gasteiger charge is 2.11. The van der Waals surface area contributed by atoms with Crippen molar-refractivity contribution in [1.29, 1.82) is 0 Å². The van der Waals surface area contributed by atoms with Crippen LogP contribution in [0.2, 0.25) is 0 Å². The van der Waals surface area contributed by atoms with Gasteiger partial charge in [-0.1, -0.05) is 19.0 Å². The first-order valence-electron chi connectivity index (χ1n) is 6.56. The molecule has 17 heavy (non-hydrogen) atoms. The molecule has 4 nitrogen and oxygen atoms in total. The minimum absolute atomic E-state index is 0.534. The molecule has 0 aliphatic rings. The van der Waals surface area contributed by atoms with Crippen molar-refractivity contribution in [1.82, 2.24) is 15.4 Å². The lowest BCUT2D eigenvalue weighted by Crippen LogP contribution is -2.29. The summed E-state index contributed by atoms with van der Waals surface area (Å²) in [6, 6.07) is 2.58. The van der Waals surface area contributed by atoms with Crippen LogP contribution in [-0.2, 0) is 13.1 Å². The summed E-state index contributed by atoms with van der Waals surface area (Å²) in [5, 5.41) is 7.39. The van der Waals surface area contributed by atoms with Crippen molar-refractivity contribution in [2.75, 3.05) is 13.1 Å².